The Kier molecular flexibility index (Phi) is 7.52. The Morgan fingerprint density at radius 3 is 2.59 bits per heavy atom. The number of benzene rings is 1. The highest BCUT2D eigenvalue weighted by molar-refractivity contribution is 7.99. The Morgan fingerprint density at radius 1 is 1.18 bits per heavy atom. The summed E-state index contributed by atoms with van der Waals surface area (Å²) < 4.78 is 1.83. The molecule has 0 saturated carbocycles. The van der Waals surface area contributed by atoms with E-state index in [2.05, 4.69) is 70.5 Å². The number of hydrogen-bond donors (Lipinski definition) is 2. The fourth-order valence-electron chi connectivity index (χ4n) is 4.08. The molecule has 0 saturated heterocycles. The number of thioether (sulfide) groups is 1. The first-order valence-corrected chi connectivity index (χ1v) is 12.7. The van der Waals surface area contributed by atoms with E-state index in [0.29, 0.717) is 22.4 Å². The lowest BCUT2D eigenvalue weighted by Crippen LogP contribution is -2.31. The van der Waals surface area contributed by atoms with Crippen molar-refractivity contribution in [1.29, 1.82) is 0 Å². The van der Waals surface area contributed by atoms with Crippen molar-refractivity contribution in [3.8, 4) is 0 Å². The van der Waals surface area contributed by atoms with E-state index in [0.717, 1.165) is 42.2 Å². The van der Waals surface area contributed by atoms with Gasteiger partial charge in [-0.05, 0) is 57.0 Å². The molecule has 0 radical (unpaired) electrons. The van der Waals surface area contributed by atoms with E-state index in [1.165, 1.54) is 0 Å². The number of carbonyl (C=O) groups excluding carboxylic acids is 1. The fourth-order valence-corrected chi connectivity index (χ4v) is 4.76. The predicted molar refractivity (Wildman–Crippen MR) is 138 cm³/mol. The van der Waals surface area contributed by atoms with E-state index in [1.807, 2.05) is 17.7 Å². The molecule has 1 atom stereocenters. The molecule has 4 rings (SSSR count). The summed E-state index contributed by atoms with van der Waals surface area (Å²) in [4.78, 5) is 24.6. The normalized spacial score (nSPS) is 15.0. The van der Waals surface area contributed by atoms with Crippen LogP contribution >= 0.6 is 11.8 Å². The maximum Gasteiger partial charge on any atom is 0.255 e. The van der Waals surface area contributed by atoms with Crippen molar-refractivity contribution in [2.24, 2.45) is 0 Å². The molecule has 3 heterocycles. The Morgan fingerprint density at radius 2 is 1.94 bits per heavy atom. The first-order valence-electron chi connectivity index (χ1n) is 11.7. The molecule has 0 spiro atoms. The van der Waals surface area contributed by atoms with Crippen molar-refractivity contribution in [1.82, 2.24) is 19.7 Å². The molecular weight excluding hydrogens is 446 g/mol. The zero-order valence-corrected chi connectivity index (χ0v) is 20.9. The lowest BCUT2D eigenvalue weighted by molar-refractivity contribution is -0.113. The maximum absolute atomic E-state index is 13.5. The molecule has 2 aromatic heterocycles. The molecule has 1 amide bonds. The van der Waals surface area contributed by atoms with Crippen molar-refractivity contribution in [3.63, 3.8) is 0 Å². The molecule has 34 heavy (non-hydrogen) atoms. The van der Waals surface area contributed by atoms with Gasteiger partial charge in [0, 0.05) is 36.4 Å². The average molecular weight is 478 g/mol. The Hall–Kier alpha value is -3.33. The summed E-state index contributed by atoms with van der Waals surface area (Å²) in [6, 6.07) is 11.6. The van der Waals surface area contributed by atoms with Gasteiger partial charge in [-0.1, -0.05) is 30.8 Å². The zero-order chi connectivity index (χ0) is 24.1. The number of fused-ring (bicyclic) bond motifs is 1. The number of amides is 1. The molecule has 9 heteroatoms. The topological polar surface area (TPSA) is 88.0 Å². The van der Waals surface area contributed by atoms with E-state index in [1.54, 1.807) is 30.2 Å². The van der Waals surface area contributed by atoms with Gasteiger partial charge in [-0.25, -0.2) is 4.68 Å². The van der Waals surface area contributed by atoms with Crippen molar-refractivity contribution >= 4 is 35.0 Å². The van der Waals surface area contributed by atoms with Crippen LogP contribution in [0.15, 0.2) is 65.2 Å². The van der Waals surface area contributed by atoms with Crippen LogP contribution < -0.4 is 15.5 Å². The first-order chi connectivity index (χ1) is 16.5. The number of rotatable bonds is 9. The van der Waals surface area contributed by atoms with Crippen molar-refractivity contribution in [3.05, 3.63) is 65.6 Å². The van der Waals surface area contributed by atoms with Crippen LogP contribution in [0.4, 0.5) is 17.3 Å². The molecule has 1 aliphatic heterocycles. The van der Waals surface area contributed by atoms with E-state index < -0.39 is 6.04 Å². The number of nitrogens with one attached hydrogen (secondary N) is 2. The van der Waals surface area contributed by atoms with Crippen LogP contribution in [0.3, 0.4) is 0 Å². The summed E-state index contributed by atoms with van der Waals surface area (Å²) in [7, 11) is 0. The summed E-state index contributed by atoms with van der Waals surface area (Å²) in [5.41, 5.74) is 4.14. The molecule has 0 aliphatic carbocycles. The van der Waals surface area contributed by atoms with Gasteiger partial charge in [0.25, 0.3) is 5.91 Å². The standard InChI is InChI=1S/C25H31N7OS/c1-5-15-34-25-29-24-27-17(4)21(23(33)28-19-9-8-14-26-16-19)22(32(24)30-25)18-10-12-20(13-11-18)31(6-2)7-3/h8-14,16,22H,5-7,15H2,1-4H3,(H,28,33)(H,27,29,30). The smallest absolute Gasteiger partial charge is 0.255 e. The summed E-state index contributed by atoms with van der Waals surface area (Å²) in [6.07, 6.45) is 4.35. The third-order valence-electron chi connectivity index (χ3n) is 5.77. The van der Waals surface area contributed by atoms with E-state index in [-0.39, 0.29) is 5.91 Å². The highest BCUT2D eigenvalue weighted by Gasteiger charge is 2.34. The zero-order valence-electron chi connectivity index (χ0n) is 20.1. The van der Waals surface area contributed by atoms with Crippen molar-refractivity contribution in [2.75, 3.05) is 34.4 Å². The van der Waals surface area contributed by atoms with E-state index in [9.17, 15) is 4.79 Å². The van der Waals surface area contributed by atoms with Crippen LogP contribution in [0, 0.1) is 0 Å². The van der Waals surface area contributed by atoms with Gasteiger partial charge in [0.15, 0.2) is 0 Å². The lowest BCUT2D eigenvalue weighted by atomic mass is 9.94. The summed E-state index contributed by atoms with van der Waals surface area (Å²) in [5, 5.41) is 11.8. The predicted octanol–water partition coefficient (Wildman–Crippen LogP) is 4.95. The second-order valence-electron chi connectivity index (χ2n) is 8.04. The quantitative estimate of drug-likeness (QED) is 0.422. The number of aromatic nitrogens is 4. The number of allylic oxidation sites excluding steroid dienone is 1. The minimum atomic E-state index is -0.401. The average Bonchev–Trinajstić information content (AvgIpc) is 3.26. The minimum absolute atomic E-state index is 0.195. The van der Waals surface area contributed by atoms with Crippen LogP contribution in [0.2, 0.25) is 0 Å². The molecule has 2 N–H and O–H groups in total. The van der Waals surface area contributed by atoms with Gasteiger partial charge in [0.1, 0.15) is 6.04 Å². The Balaban J connectivity index is 1.74. The van der Waals surface area contributed by atoms with Crippen LogP contribution in [0.25, 0.3) is 0 Å². The molecular formula is C25H31N7OS. The van der Waals surface area contributed by atoms with E-state index in [4.69, 9.17) is 5.10 Å². The second kappa shape index (κ2) is 10.7. The van der Waals surface area contributed by atoms with E-state index >= 15 is 0 Å². The van der Waals surface area contributed by atoms with Crippen LogP contribution in [-0.2, 0) is 4.79 Å². The molecule has 1 unspecified atom stereocenters. The summed E-state index contributed by atoms with van der Waals surface area (Å²) in [6.45, 7) is 10.2. The second-order valence-corrected chi connectivity index (χ2v) is 9.10. The molecule has 178 valence electrons. The first kappa shape index (κ1) is 23.8. The number of hydrogen-bond acceptors (Lipinski definition) is 7. The third kappa shape index (κ3) is 4.94. The number of pyridine rings is 1. The summed E-state index contributed by atoms with van der Waals surface area (Å²) in [5.74, 6) is 1.39. The Labute approximate surface area is 204 Å². The largest absolute Gasteiger partial charge is 0.372 e. The van der Waals surface area contributed by atoms with Gasteiger partial charge in [-0.15, -0.1) is 5.10 Å². The van der Waals surface area contributed by atoms with Gasteiger partial charge in [0.2, 0.25) is 11.1 Å². The monoisotopic (exact) mass is 477 g/mol. The fraction of sp³-hybridized carbons (Fsp3) is 0.360. The van der Waals surface area contributed by atoms with Gasteiger partial charge < -0.3 is 15.5 Å². The highest BCUT2D eigenvalue weighted by atomic mass is 32.2. The van der Waals surface area contributed by atoms with Crippen molar-refractivity contribution in [2.45, 2.75) is 45.3 Å². The van der Waals surface area contributed by atoms with Crippen LogP contribution in [-0.4, -0.2) is 44.5 Å². The number of nitrogens with zero attached hydrogens (tertiary/aromatic N) is 5. The van der Waals surface area contributed by atoms with Gasteiger partial charge in [-0.3, -0.25) is 9.78 Å². The summed E-state index contributed by atoms with van der Waals surface area (Å²) >= 11 is 1.62. The molecule has 8 nitrogen and oxygen atoms in total. The maximum atomic E-state index is 13.5. The van der Waals surface area contributed by atoms with Gasteiger partial charge in [-0.2, -0.15) is 4.98 Å². The van der Waals surface area contributed by atoms with Crippen LogP contribution in [0.1, 0.15) is 45.7 Å². The molecule has 3 aromatic rings. The lowest BCUT2D eigenvalue weighted by Gasteiger charge is -2.29. The van der Waals surface area contributed by atoms with Crippen LogP contribution in [0.5, 0.6) is 0 Å². The molecule has 1 aromatic carbocycles. The minimum Gasteiger partial charge on any atom is -0.372 e. The van der Waals surface area contributed by atoms with Crippen molar-refractivity contribution < 1.29 is 4.79 Å². The molecule has 0 bridgehead atoms. The third-order valence-corrected chi connectivity index (χ3v) is 6.81. The van der Waals surface area contributed by atoms with Gasteiger partial charge in [0.05, 0.1) is 17.5 Å². The highest BCUT2D eigenvalue weighted by Crippen LogP contribution is 2.37. The Bertz CT molecular complexity index is 1150. The SMILES string of the molecule is CCCSc1nc2n(n1)C(c1ccc(N(CC)CC)cc1)C(C(=O)Nc1cccnc1)=C(C)N2. The number of anilines is 3. The van der Waals surface area contributed by atoms with Gasteiger partial charge >= 0.3 is 0 Å². The molecule has 1 aliphatic rings. The molecule has 0 fully saturated rings. The number of carbonyl (C=O) groups is 1.